The summed E-state index contributed by atoms with van der Waals surface area (Å²) in [6.45, 7) is -5.16. The van der Waals surface area contributed by atoms with E-state index in [0.29, 0.717) is 0 Å². The summed E-state index contributed by atoms with van der Waals surface area (Å²) in [7, 11) is 0. The molecule has 2 fully saturated rings. The number of nitrogen functional groups attached to an aromatic ring is 2. The minimum Gasteiger partial charge on any atom is -0.394 e. The molecule has 6 rings (SSSR count). The van der Waals surface area contributed by atoms with Crippen LogP contribution in [0.15, 0.2) is 23.8 Å². The largest absolute Gasteiger partial charge is 0.394 e. The van der Waals surface area contributed by atoms with Crippen molar-refractivity contribution in [2.45, 2.75) is 49.5 Å². The Morgan fingerprint density at radius 2 is 1.88 bits per heavy atom. The SMILES string of the molecule is Nc1nc2c(ncn2[C@@H]2O[C@H](CO)CC2O[P@](=O)(S)OC[C@H]2O[C@@H](n3cnc4c(N)ncnc43)C(F)C2O)c(=O)[nH]1. The first-order chi connectivity index (χ1) is 19.6. The first kappa shape index (κ1) is 27.9. The normalized spacial score (nSPS) is 29.9. The number of nitrogens with one attached hydrogen (secondary N) is 1. The maximum atomic E-state index is 15.1. The second-order valence-corrected chi connectivity index (χ2v) is 12.2. The van der Waals surface area contributed by atoms with Crippen LogP contribution in [0, 0.1) is 0 Å². The summed E-state index contributed by atoms with van der Waals surface area (Å²) in [6, 6.07) is 0. The van der Waals surface area contributed by atoms with Crippen LogP contribution in [-0.4, -0.2) is 93.1 Å². The average Bonchev–Trinajstić information content (AvgIpc) is 3.69. The number of thiol groups is 1. The van der Waals surface area contributed by atoms with Gasteiger partial charge in [0.2, 0.25) is 5.95 Å². The monoisotopic (exact) mass is 614 g/mol. The molecule has 220 valence electrons. The van der Waals surface area contributed by atoms with Gasteiger partial charge in [0.25, 0.3) is 5.56 Å². The molecule has 21 heteroatoms. The van der Waals surface area contributed by atoms with Gasteiger partial charge in [-0.15, -0.1) is 0 Å². The molecule has 0 aromatic carbocycles. The third-order valence-corrected chi connectivity index (χ3v) is 8.34. The predicted molar refractivity (Wildman–Crippen MR) is 140 cm³/mol. The minimum atomic E-state index is -4.21. The number of fused-ring (bicyclic) bond motifs is 2. The van der Waals surface area contributed by atoms with E-state index >= 15 is 4.39 Å². The first-order valence-corrected chi connectivity index (χ1v) is 14.8. The highest BCUT2D eigenvalue weighted by Gasteiger charge is 2.47. The summed E-state index contributed by atoms with van der Waals surface area (Å²) in [6.07, 6.45) is -5.24. The highest BCUT2D eigenvalue weighted by molar-refractivity contribution is 8.44. The molecule has 4 aromatic heterocycles. The van der Waals surface area contributed by atoms with E-state index in [4.69, 9.17) is 30.0 Å². The smallest absolute Gasteiger partial charge is 0.386 e. The van der Waals surface area contributed by atoms with Gasteiger partial charge in [0.1, 0.15) is 30.2 Å². The third kappa shape index (κ3) is 5.06. The Kier molecular flexibility index (Phi) is 7.19. The van der Waals surface area contributed by atoms with Crippen molar-refractivity contribution in [3.05, 3.63) is 29.3 Å². The average molecular weight is 615 g/mol. The van der Waals surface area contributed by atoms with E-state index in [2.05, 4.69) is 42.2 Å². The highest BCUT2D eigenvalue weighted by Crippen LogP contribution is 2.57. The van der Waals surface area contributed by atoms with Crippen molar-refractivity contribution >= 4 is 53.1 Å². The van der Waals surface area contributed by atoms with Crippen LogP contribution < -0.4 is 17.0 Å². The summed E-state index contributed by atoms with van der Waals surface area (Å²) >= 11 is 4.03. The fourth-order valence-electron chi connectivity index (χ4n) is 4.79. The number of nitrogens with zero attached hydrogens (tertiary/aromatic N) is 7. The number of halogens is 1. The zero-order chi connectivity index (χ0) is 29.1. The number of anilines is 2. The van der Waals surface area contributed by atoms with E-state index in [-0.39, 0.29) is 40.5 Å². The molecule has 0 radical (unpaired) electrons. The molecule has 8 atom stereocenters. The van der Waals surface area contributed by atoms with Gasteiger partial charge in [-0.2, -0.15) is 4.98 Å². The molecule has 0 bridgehead atoms. The predicted octanol–water partition coefficient (Wildman–Crippen LogP) is -0.560. The van der Waals surface area contributed by atoms with E-state index in [1.807, 2.05) is 0 Å². The molecule has 2 aliphatic rings. The fourth-order valence-corrected chi connectivity index (χ4v) is 6.29. The zero-order valence-corrected chi connectivity index (χ0v) is 22.6. The van der Waals surface area contributed by atoms with Gasteiger partial charge in [-0.3, -0.25) is 28.0 Å². The Morgan fingerprint density at radius 1 is 1.15 bits per heavy atom. The van der Waals surface area contributed by atoms with Gasteiger partial charge in [0.15, 0.2) is 41.3 Å². The van der Waals surface area contributed by atoms with Crippen LogP contribution in [0.1, 0.15) is 18.9 Å². The Bertz CT molecular complexity index is 1700. The van der Waals surface area contributed by atoms with Crippen LogP contribution in [0.3, 0.4) is 0 Å². The number of aliphatic hydroxyl groups excluding tert-OH is 2. The molecule has 6 heterocycles. The van der Waals surface area contributed by atoms with Crippen molar-refractivity contribution < 1.29 is 37.7 Å². The van der Waals surface area contributed by atoms with Crippen molar-refractivity contribution in [1.82, 2.24) is 39.0 Å². The van der Waals surface area contributed by atoms with Crippen LogP contribution in [0.2, 0.25) is 0 Å². The Balaban J connectivity index is 1.16. The third-order valence-electron chi connectivity index (χ3n) is 6.70. The molecular formula is C20H24FN10O8PS. The highest BCUT2D eigenvalue weighted by atomic mass is 32.7. The maximum absolute atomic E-state index is 15.1. The van der Waals surface area contributed by atoms with E-state index in [1.54, 1.807) is 0 Å². The number of hydrogen-bond acceptors (Lipinski definition) is 15. The molecular weight excluding hydrogens is 590 g/mol. The number of ether oxygens (including phenoxy) is 2. The molecule has 4 aromatic rings. The van der Waals surface area contributed by atoms with Crippen molar-refractivity contribution in [3.63, 3.8) is 0 Å². The molecule has 0 amide bonds. The van der Waals surface area contributed by atoms with Crippen molar-refractivity contribution in [3.8, 4) is 0 Å². The molecule has 2 saturated heterocycles. The lowest BCUT2D eigenvalue weighted by Crippen LogP contribution is -2.31. The van der Waals surface area contributed by atoms with Gasteiger partial charge >= 0.3 is 6.80 Å². The van der Waals surface area contributed by atoms with Gasteiger partial charge in [-0.05, 0) is 0 Å². The molecule has 2 aliphatic heterocycles. The number of alkyl halides is 1. The van der Waals surface area contributed by atoms with Gasteiger partial charge in [-0.25, -0.2) is 28.9 Å². The number of aliphatic hydroxyl groups is 2. The molecule has 3 unspecified atom stereocenters. The minimum absolute atomic E-state index is 0.0261. The first-order valence-electron chi connectivity index (χ1n) is 12.1. The van der Waals surface area contributed by atoms with Crippen LogP contribution in [0.4, 0.5) is 16.2 Å². The Hall–Kier alpha value is -3.23. The van der Waals surface area contributed by atoms with Gasteiger partial charge in [-0.1, -0.05) is 12.2 Å². The second-order valence-electron chi connectivity index (χ2n) is 9.33. The fraction of sp³-hybridized carbons (Fsp3) is 0.500. The zero-order valence-electron chi connectivity index (χ0n) is 20.8. The number of aromatic amines is 1. The van der Waals surface area contributed by atoms with Gasteiger partial charge < -0.3 is 31.2 Å². The van der Waals surface area contributed by atoms with E-state index in [9.17, 15) is 19.6 Å². The molecule has 0 aliphatic carbocycles. The quantitative estimate of drug-likeness (QED) is 0.107. The lowest BCUT2D eigenvalue weighted by molar-refractivity contribution is -0.0529. The van der Waals surface area contributed by atoms with Crippen LogP contribution in [0.5, 0.6) is 0 Å². The van der Waals surface area contributed by atoms with E-state index in [0.717, 1.165) is 0 Å². The molecule has 7 N–H and O–H groups in total. The number of hydrogen-bond donors (Lipinski definition) is 6. The number of imidazole rings is 2. The van der Waals surface area contributed by atoms with Crippen molar-refractivity contribution in [2.24, 2.45) is 0 Å². The van der Waals surface area contributed by atoms with Crippen molar-refractivity contribution in [1.29, 1.82) is 0 Å². The van der Waals surface area contributed by atoms with Crippen LogP contribution in [0.25, 0.3) is 22.3 Å². The summed E-state index contributed by atoms with van der Waals surface area (Å²) in [5.74, 6) is -0.0797. The van der Waals surface area contributed by atoms with Gasteiger partial charge in [0, 0.05) is 6.42 Å². The molecule has 0 spiro atoms. The van der Waals surface area contributed by atoms with E-state index < -0.39 is 68.6 Å². The molecule has 0 saturated carbocycles. The van der Waals surface area contributed by atoms with Gasteiger partial charge in [0.05, 0.1) is 32.0 Å². The standard InChI is InChI=1S/C20H24FN10O8PS/c21-10-13(33)9(38-19(10)30-5-26-11-14(22)24-4-25-15(11)30)3-36-40(35,41)39-8-1-7(2-32)37-18(8)31-6-27-12-16(31)28-20(23)29-17(12)34/h4-10,13,18-19,32-33H,1-3H2,(H,35,41)(H2,22,24,25)(H3,23,28,29,34)/t7-,8?,9+,10?,13?,18+,19+,40+/m0/s1. The van der Waals surface area contributed by atoms with Crippen LogP contribution >= 0.6 is 19.0 Å². The number of aromatic nitrogens is 8. The summed E-state index contributed by atoms with van der Waals surface area (Å²) in [5, 5.41) is 20.2. The molecule has 41 heavy (non-hydrogen) atoms. The van der Waals surface area contributed by atoms with Crippen LogP contribution in [-0.2, 0) is 23.1 Å². The lowest BCUT2D eigenvalue weighted by Gasteiger charge is -2.24. The summed E-state index contributed by atoms with van der Waals surface area (Å²) in [5.41, 5.74) is 11.3. The second kappa shape index (κ2) is 10.6. The number of H-pyrrole nitrogens is 1. The number of nitrogens with two attached hydrogens (primary N) is 2. The van der Waals surface area contributed by atoms with E-state index in [1.165, 1.54) is 28.1 Å². The maximum Gasteiger partial charge on any atom is 0.386 e. The van der Waals surface area contributed by atoms with Crippen molar-refractivity contribution in [2.75, 3.05) is 24.7 Å². The number of rotatable bonds is 8. The lowest BCUT2D eigenvalue weighted by atomic mass is 10.1. The Labute approximate surface area is 233 Å². The summed E-state index contributed by atoms with van der Waals surface area (Å²) in [4.78, 5) is 34.6. The Morgan fingerprint density at radius 3 is 2.63 bits per heavy atom. The topological polar surface area (TPSA) is 254 Å². The summed E-state index contributed by atoms with van der Waals surface area (Å²) < 4.78 is 53.4. The molecule has 18 nitrogen and oxygen atoms in total.